The molecule has 2 aromatic rings. The van der Waals surface area contributed by atoms with Gasteiger partial charge in [0.25, 0.3) is 0 Å². The number of aliphatic carboxylic acids is 1. The molecular weight excluding hydrogens is 290 g/mol. The summed E-state index contributed by atoms with van der Waals surface area (Å²) in [6.07, 6.45) is 2.23. The highest BCUT2D eigenvalue weighted by Crippen LogP contribution is 2.30. The third-order valence-corrected chi connectivity index (χ3v) is 4.11. The Kier molecular flexibility index (Phi) is 3.57. The van der Waals surface area contributed by atoms with Gasteiger partial charge in [0.2, 0.25) is 0 Å². The van der Waals surface area contributed by atoms with Crippen LogP contribution in [0.4, 0.5) is 9.93 Å². The van der Waals surface area contributed by atoms with Crippen LogP contribution >= 0.6 is 11.3 Å². The normalized spacial score (nSPS) is 17.1. The molecule has 2 N–H and O–H groups in total. The van der Waals surface area contributed by atoms with E-state index in [1.807, 2.05) is 12.1 Å². The number of carbonyl (C=O) groups is 2. The Hall–Kier alpha value is -2.41. The van der Waals surface area contributed by atoms with E-state index >= 15 is 0 Å². The summed E-state index contributed by atoms with van der Waals surface area (Å²) < 4.78 is 0. The number of carboxylic acid groups (broad SMARTS) is 1. The van der Waals surface area contributed by atoms with Crippen molar-refractivity contribution in [1.82, 2.24) is 9.88 Å². The van der Waals surface area contributed by atoms with Gasteiger partial charge >= 0.3 is 12.0 Å². The van der Waals surface area contributed by atoms with Crippen molar-refractivity contribution in [1.29, 1.82) is 0 Å². The van der Waals surface area contributed by atoms with Gasteiger partial charge in [0, 0.05) is 18.1 Å². The molecular formula is C14H13N3O3S. The van der Waals surface area contributed by atoms with E-state index in [0.29, 0.717) is 23.7 Å². The van der Waals surface area contributed by atoms with Crippen LogP contribution in [0.1, 0.15) is 17.2 Å². The van der Waals surface area contributed by atoms with Crippen molar-refractivity contribution in [3.8, 4) is 0 Å². The maximum Gasteiger partial charge on any atom is 0.331 e. The number of hydrogen-bond acceptors (Lipinski definition) is 4. The zero-order valence-electron chi connectivity index (χ0n) is 11.0. The fourth-order valence-corrected chi connectivity index (χ4v) is 3.02. The smallest absolute Gasteiger partial charge is 0.331 e. The number of anilines is 1. The van der Waals surface area contributed by atoms with Gasteiger partial charge in [-0.3, -0.25) is 5.32 Å². The predicted molar refractivity (Wildman–Crippen MR) is 78.4 cm³/mol. The molecule has 0 bridgehead atoms. The van der Waals surface area contributed by atoms with Gasteiger partial charge in [-0.05, 0) is 17.5 Å². The Labute approximate surface area is 125 Å². The Bertz CT molecular complexity index is 672. The number of carboxylic acids is 1. The first-order valence-electron chi connectivity index (χ1n) is 6.44. The van der Waals surface area contributed by atoms with E-state index in [4.69, 9.17) is 0 Å². The van der Waals surface area contributed by atoms with Crippen LogP contribution in [-0.4, -0.2) is 33.5 Å². The number of nitrogens with one attached hydrogen (secondary N) is 1. The molecule has 0 aliphatic carbocycles. The molecule has 1 aromatic carbocycles. The first-order chi connectivity index (χ1) is 10.2. The van der Waals surface area contributed by atoms with Gasteiger partial charge in [-0.1, -0.05) is 24.3 Å². The van der Waals surface area contributed by atoms with Gasteiger partial charge in [-0.25, -0.2) is 14.6 Å². The number of hydrogen-bond donors (Lipinski definition) is 2. The van der Waals surface area contributed by atoms with E-state index in [9.17, 15) is 14.7 Å². The number of benzene rings is 1. The van der Waals surface area contributed by atoms with E-state index in [2.05, 4.69) is 10.3 Å². The Balaban J connectivity index is 1.88. The maximum absolute atomic E-state index is 12.3. The summed E-state index contributed by atoms with van der Waals surface area (Å²) in [6, 6.07) is 5.93. The molecule has 21 heavy (non-hydrogen) atoms. The molecule has 7 heteroatoms. The quantitative estimate of drug-likeness (QED) is 0.892. The zero-order chi connectivity index (χ0) is 14.8. The first-order valence-corrected chi connectivity index (χ1v) is 7.32. The molecule has 1 aliphatic heterocycles. The number of nitrogens with zero attached hydrogens (tertiary/aromatic N) is 2. The number of amides is 2. The Morgan fingerprint density at radius 3 is 2.90 bits per heavy atom. The van der Waals surface area contributed by atoms with Crippen molar-refractivity contribution < 1.29 is 14.7 Å². The number of aromatic nitrogens is 1. The van der Waals surface area contributed by atoms with E-state index in [1.165, 1.54) is 16.2 Å². The van der Waals surface area contributed by atoms with Crippen LogP contribution in [0.3, 0.4) is 0 Å². The largest absolute Gasteiger partial charge is 0.479 e. The Morgan fingerprint density at radius 2 is 2.19 bits per heavy atom. The van der Waals surface area contributed by atoms with Gasteiger partial charge in [0.1, 0.15) is 0 Å². The van der Waals surface area contributed by atoms with Crippen molar-refractivity contribution in [2.45, 2.75) is 12.5 Å². The van der Waals surface area contributed by atoms with Gasteiger partial charge in [0.15, 0.2) is 11.2 Å². The summed E-state index contributed by atoms with van der Waals surface area (Å²) in [7, 11) is 0. The van der Waals surface area contributed by atoms with Crippen LogP contribution in [0.5, 0.6) is 0 Å². The van der Waals surface area contributed by atoms with Gasteiger partial charge in [0.05, 0.1) is 0 Å². The molecule has 0 fully saturated rings. The number of fused-ring (bicyclic) bond motifs is 1. The van der Waals surface area contributed by atoms with Gasteiger partial charge in [-0.2, -0.15) is 0 Å². The van der Waals surface area contributed by atoms with Crippen LogP contribution in [0.2, 0.25) is 0 Å². The van der Waals surface area contributed by atoms with E-state index in [-0.39, 0.29) is 0 Å². The predicted octanol–water partition coefficient (Wildman–Crippen LogP) is 2.36. The fraction of sp³-hybridized carbons (Fsp3) is 0.214. The topological polar surface area (TPSA) is 82.5 Å². The lowest BCUT2D eigenvalue weighted by Crippen LogP contribution is -2.45. The molecule has 1 atom stereocenters. The molecule has 0 radical (unpaired) electrons. The second-order valence-electron chi connectivity index (χ2n) is 4.65. The van der Waals surface area contributed by atoms with Gasteiger partial charge < -0.3 is 10.0 Å². The lowest BCUT2D eigenvalue weighted by Gasteiger charge is -2.34. The average Bonchev–Trinajstić information content (AvgIpc) is 2.98. The summed E-state index contributed by atoms with van der Waals surface area (Å²) in [5.41, 5.74) is 1.65. The second-order valence-corrected chi connectivity index (χ2v) is 5.54. The van der Waals surface area contributed by atoms with Crippen molar-refractivity contribution in [2.24, 2.45) is 0 Å². The highest BCUT2D eigenvalue weighted by molar-refractivity contribution is 7.13. The molecule has 108 valence electrons. The molecule has 1 aliphatic rings. The minimum absolute atomic E-state index is 0.366. The SMILES string of the molecule is O=C(O)C1c2ccccc2CCN1C(=O)Nc1nccs1. The van der Waals surface area contributed by atoms with Crippen molar-refractivity contribution in [2.75, 3.05) is 11.9 Å². The fourth-order valence-electron chi connectivity index (χ4n) is 2.50. The third-order valence-electron chi connectivity index (χ3n) is 3.42. The minimum Gasteiger partial charge on any atom is -0.479 e. The van der Waals surface area contributed by atoms with Crippen LogP contribution < -0.4 is 5.32 Å². The van der Waals surface area contributed by atoms with Crippen molar-refractivity contribution in [3.05, 3.63) is 47.0 Å². The third kappa shape index (κ3) is 2.59. The number of urea groups is 1. The first kappa shape index (κ1) is 13.6. The van der Waals surface area contributed by atoms with Crippen LogP contribution in [-0.2, 0) is 11.2 Å². The molecule has 0 saturated carbocycles. The highest BCUT2D eigenvalue weighted by atomic mass is 32.1. The highest BCUT2D eigenvalue weighted by Gasteiger charge is 2.35. The minimum atomic E-state index is -1.03. The second kappa shape index (κ2) is 5.53. The van der Waals surface area contributed by atoms with Crippen LogP contribution in [0.25, 0.3) is 0 Å². The van der Waals surface area contributed by atoms with Crippen molar-refractivity contribution in [3.63, 3.8) is 0 Å². The number of thiazole rings is 1. The van der Waals surface area contributed by atoms with Gasteiger partial charge in [-0.15, -0.1) is 11.3 Å². The monoisotopic (exact) mass is 303 g/mol. The number of rotatable bonds is 2. The van der Waals surface area contributed by atoms with Crippen LogP contribution in [0.15, 0.2) is 35.8 Å². The van der Waals surface area contributed by atoms with E-state index in [0.717, 1.165) is 5.56 Å². The summed E-state index contributed by atoms with van der Waals surface area (Å²) in [5, 5.41) is 14.3. The molecule has 0 spiro atoms. The summed E-state index contributed by atoms with van der Waals surface area (Å²) in [4.78, 5) is 29.2. The molecule has 6 nitrogen and oxygen atoms in total. The summed E-state index contributed by atoms with van der Waals surface area (Å²) in [5.74, 6) is -1.03. The molecule has 3 rings (SSSR count). The standard InChI is InChI=1S/C14H13N3O3S/c18-12(19)11-10-4-2-1-3-9(10)5-7-17(11)14(20)16-13-15-6-8-21-13/h1-4,6,8,11H,5,7H2,(H,18,19)(H,15,16,20). The average molecular weight is 303 g/mol. The number of carbonyl (C=O) groups excluding carboxylic acids is 1. The molecule has 2 amide bonds. The zero-order valence-corrected chi connectivity index (χ0v) is 11.8. The maximum atomic E-state index is 12.3. The lowest BCUT2D eigenvalue weighted by atomic mass is 9.93. The van der Waals surface area contributed by atoms with E-state index < -0.39 is 18.0 Å². The van der Waals surface area contributed by atoms with E-state index in [1.54, 1.807) is 23.7 Å². The summed E-state index contributed by atoms with van der Waals surface area (Å²) >= 11 is 1.29. The Morgan fingerprint density at radius 1 is 1.38 bits per heavy atom. The molecule has 2 heterocycles. The van der Waals surface area contributed by atoms with Crippen LogP contribution in [0, 0.1) is 0 Å². The molecule has 1 unspecified atom stereocenters. The lowest BCUT2D eigenvalue weighted by molar-refractivity contribution is -0.142. The molecule has 1 aromatic heterocycles. The molecule has 0 saturated heterocycles. The summed E-state index contributed by atoms with van der Waals surface area (Å²) in [6.45, 7) is 0.366. The van der Waals surface area contributed by atoms with Crippen molar-refractivity contribution >= 4 is 28.5 Å².